The number of rotatable bonds is 2. The molecule has 1 nitrogen and oxygen atoms in total. The van der Waals surface area contributed by atoms with Gasteiger partial charge >= 0.3 is 0 Å². The predicted octanol–water partition coefficient (Wildman–Crippen LogP) is 3.62. The summed E-state index contributed by atoms with van der Waals surface area (Å²) in [5.41, 5.74) is 10.4. The number of nitrogen functional groups attached to an aromatic ring is 1. The van der Waals surface area contributed by atoms with Crippen LogP contribution in [0.5, 0.6) is 0 Å². The van der Waals surface area contributed by atoms with E-state index in [2.05, 4.69) is 0 Å². The molecule has 88 valence electrons. The fourth-order valence-corrected chi connectivity index (χ4v) is 2.07. The number of benzene rings is 2. The lowest BCUT2D eigenvalue weighted by atomic mass is 9.95. The summed E-state index contributed by atoms with van der Waals surface area (Å²) in [4.78, 5) is 0. The summed E-state index contributed by atoms with van der Waals surface area (Å²) < 4.78 is 13.7. The minimum Gasteiger partial charge on any atom is -0.398 e. The maximum absolute atomic E-state index is 13.7. The third-order valence-electron chi connectivity index (χ3n) is 3.15. The van der Waals surface area contributed by atoms with Crippen molar-refractivity contribution in [3.63, 3.8) is 0 Å². The van der Waals surface area contributed by atoms with Gasteiger partial charge in [-0.05, 0) is 42.7 Å². The Kier molecular flexibility index (Phi) is 3.14. The van der Waals surface area contributed by atoms with Crippen LogP contribution in [0.2, 0.25) is 0 Å². The summed E-state index contributed by atoms with van der Waals surface area (Å²) in [5.74, 6) is -0.229. The molecule has 0 aromatic heterocycles. The monoisotopic (exact) mass is 229 g/mol. The number of halogens is 1. The van der Waals surface area contributed by atoms with Crippen molar-refractivity contribution in [2.24, 2.45) is 0 Å². The molecule has 0 bridgehead atoms. The summed E-state index contributed by atoms with van der Waals surface area (Å²) >= 11 is 0. The van der Waals surface area contributed by atoms with E-state index >= 15 is 0 Å². The first kappa shape index (κ1) is 11.6. The Morgan fingerprint density at radius 2 is 1.53 bits per heavy atom. The van der Waals surface area contributed by atoms with Gasteiger partial charge in [0.15, 0.2) is 0 Å². The van der Waals surface area contributed by atoms with Crippen molar-refractivity contribution in [3.8, 4) is 0 Å². The minimum atomic E-state index is -0.229. The first-order valence-corrected chi connectivity index (χ1v) is 5.67. The maximum Gasteiger partial charge on any atom is 0.128 e. The van der Waals surface area contributed by atoms with Crippen molar-refractivity contribution in [1.82, 2.24) is 0 Å². The first-order valence-electron chi connectivity index (χ1n) is 5.67. The van der Waals surface area contributed by atoms with Gasteiger partial charge in [0.25, 0.3) is 0 Å². The molecule has 2 heteroatoms. The molecule has 0 saturated heterocycles. The van der Waals surface area contributed by atoms with Crippen LogP contribution in [0.4, 0.5) is 10.1 Å². The molecule has 0 aliphatic rings. The van der Waals surface area contributed by atoms with E-state index < -0.39 is 0 Å². The van der Waals surface area contributed by atoms with Crippen LogP contribution in [0.3, 0.4) is 0 Å². The molecule has 0 saturated carbocycles. The Balaban J connectivity index is 2.45. The third-order valence-corrected chi connectivity index (χ3v) is 3.15. The van der Waals surface area contributed by atoms with Crippen LogP contribution in [-0.2, 0) is 6.42 Å². The second kappa shape index (κ2) is 4.58. The molecular formula is C15H16FN. The summed E-state index contributed by atoms with van der Waals surface area (Å²) in [7, 11) is 0. The molecular weight excluding hydrogens is 213 g/mol. The van der Waals surface area contributed by atoms with Gasteiger partial charge < -0.3 is 5.73 Å². The summed E-state index contributed by atoms with van der Waals surface area (Å²) in [6.45, 7) is 4.08. The number of nitrogens with two attached hydrogens (primary N) is 1. The highest BCUT2D eigenvalue weighted by molar-refractivity contribution is 5.51. The molecule has 0 atom stereocenters. The highest BCUT2D eigenvalue weighted by atomic mass is 19.1. The maximum atomic E-state index is 13.7. The lowest BCUT2D eigenvalue weighted by molar-refractivity contribution is 0.615. The lowest BCUT2D eigenvalue weighted by Crippen LogP contribution is -2.02. The van der Waals surface area contributed by atoms with Crippen LogP contribution >= 0.6 is 0 Å². The zero-order valence-corrected chi connectivity index (χ0v) is 10.1. The van der Waals surface area contributed by atoms with Crippen LogP contribution in [-0.4, -0.2) is 0 Å². The van der Waals surface area contributed by atoms with Crippen molar-refractivity contribution in [2.45, 2.75) is 20.3 Å². The van der Waals surface area contributed by atoms with E-state index in [0.29, 0.717) is 17.7 Å². The molecule has 0 aliphatic heterocycles. The zero-order chi connectivity index (χ0) is 12.4. The summed E-state index contributed by atoms with van der Waals surface area (Å²) in [6, 6.07) is 10.9. The van der Waals surface area contributed by atoms with Crippen LogP contribution in [0.25, 0.3) is 0 Å². The molecule has 0 spiro atoms. The van der Waals surface area contributed by atoms with Gasteiger partial charge in [0.05, 0.1) is 0 Å². The van der Waals surface area contributed by atoms with E-state index in [1.165, 1.54) is 17.2 Å². The van der Waals surface area contributed by atoms with E-state index in [1.807, 2.05) is 32.0 Å². The Bertz CT molecular complexity index is 457. The lowest BCUT2D eigenvalue weighted by Gasteiger charge is -2.12. The van der Waals surface area contributed by atoms with Gasteiger partial charge in [-0.1, -0.05) is 24.3 Å². The van der Waals surface area contributed by atoms with Crippen molar-refractivity contribution < 1.29 is 4.39 Å². The Hall–Kier alpha value is -1.83. The SMILES string of the molecule is Cc1cccc(C)c1Cc1c(N)cccc1F. The molecule has 17 heavy (non-hydrogen) atoms. The zero-order valence-electron chi connectivity index (χ0n) is 10.1. The normalized spacial score (nSPS) is 10.5. The summed E-state index contributed by atoms with van der Waals surface area (Å²) in [6.07, 6.45) is 0.553. The van der Waals surface area contributed by atoms with E-state index in [9.17, 15) is 4.39 Å². The molecule has 2 aromatic rings. The molecule has 0 unspecified atom stereocenters. The summed E-state index contributed by atoms with van der Waals surface area (Å²) in [5, 5.41) is 0. The van der Waals surface area contributed by atoms with Crippen LogP contribution in [0, 0.1) is 19.7 Å². The number of hydrogen-bond acceptors (Lipinski definition) is 1. The topological polar surface area (TPSA) is 26.0 Å². The molecule has 2 rings (SSSR count). The first-order chi connectivity index (χ1) is 8.09. The van der Waals surface area contributed by atoms with Gasteiger partial charge in [0.1, 0.15) is 5.82 Å². The quantitative estimate of drug-likeness (QED) is 0.782. The fraction of sp³-hybridized carbons (Fsp3) is 0.200. The highest BCUT2D eigenvalue weighted by Crippen LogP contribution is 2.23. The van der Waals surface area contributed by atoms with Gasteiger partial charge in [0.2, 0.25) is 0 Å². The highest BCUT2D eigenvalue weighted by Gasteiger charge is 2.10. The second-order valence-electron chi connectivity index (χ2n) is 4.35. The Labute approximate surface area is 101 Å². The number of aryl methyl sites for hydroxylation is 2. The number of anilines is 1. The largest absolute Gasteiger partial charge is 0.398 e. The fourth-order valence-electron chi connectivity index (χ4n) is 2.07. The molecule has 2 N–H and O–H groups in total. The molecule has 2 aromatic carbocycles. The minimum absolute atomic E-state index is 0.229. The number of hydrogen-bond donors (Lipinski definition) is 1. The van der Waals surface area contributed by atoms with Gasteiger partial charge in [-0.2, -0.15) is 0 Å². The molecule has 0 fully saturated rings. The molecule has 0 radical (unpaired) electrons. The van der Waals surface area contributed by atoms with Crippen LogP contribution < -0.4 is 5.73 Å². The van der Waals surface area contributed by atoms with Crippen LogP contribution in [0.15, 0.2) is 36.4 Å². The molecule has 0 amide bonds. The van der Waals surface area contributed by atoms with Gasteiger partial charge in [-0.25, -0.2) is 4.39 Å². The van der Waals surface area contributed by atoms with Crippen molar-refractivity contribution in [3.05, 3.63) is 64.5 Å². The smallest absolute Gasteiger partial charge is 0.128 e. The van der Waals surface area contributed by atoms with Gasteiger partial charge in [0, 0.05) is 17.7 Å². The Morgan fingerprint density at radius 1 is 0.941 bits per heavy atom. The molecule has 0 aliphatic carbocycles. The van der Waals surface area contributed by atoms with E-state index in [-0.39, 0.29) is 5.82 Å². The average Bonchev–Trinajstić information content (AvgIpc) is 2.27. The van der Waals surface area contributed by atoms with Gasteiger partial charge in [-0.3, -0.25) is 0 Å². The van der Waals surface area contributed by atoms with E-state index in [4.69, 9.17) is 5.73 Å². The molecule has 0 heterocycles. The standard InChI is InChI=1S/C15H16FN/c1-10-5-3-6-11(2)12(10)9-13-14(16)7-4-8-15(13)17/h3-8H,9,17H2,1-2H3. The van der Waals surface area contributed by atoms with E-state index in [0.717, 1.165) is 5.56 Å². The second-order valence-corrected chi connectivity index (χ2v) is 4.35. The van der Waals surface area contributed by atoms with Crippen molar-refractivity contribution in [1.29, 1.82) is 0 Å². The Morgan fingerprint density at radius 3 is 2.12 bits per heavy atom. The van der Waals surface area contributed by atoms with E-state index in [1.54, 1.807) is 12.1 Å². The van der Waals surface area contributed by atoms with Crippen LogP contribution in [0.1, 0.15) is 22.3 Å². The van der Waals surface area contributed by atoms with Gasteiger partial charge in [-0.15, -0.1) is 0 Å². The van der Waals surface area contributed by atoms with Crippen molar-refractivity contribution in [2.75, 3.05) is 5.73 Å². The third kappa shape index (κ3) is 2.31. The predicted molar refractivity (Wildman–Crippen MR) is 69.5 cm³/mol. The van der Waals surface area contributed by atoms with Crippen molar-refractivity contribution >= 4 is 5.69 Å². The average molecular weight is 229 g/mol.